The van der Waals surface area contributed by atoms with Gasteiger partial charge in [0.1, 0.15) is 12.4 Å². The Kier molecular flexibility index (Phi) is 3.02. The fraction of sp³-hybridized carbons (Fsp3) is 0.357. The van der Waals surface area contributed by atoms with E-state index in [1.165, 1.54) is 5.56 Å². The lowest BCUT2D eigenvalue weighted by Gasteiger charge is -2.11. The van der Waals surface area contributed by atoms with Gasteiger partial charge in [0, 0.05) is 19.5 Å². The Hall–Kier alpha value is -1.81. The zero-order valence-electron chi connectivity index (χ0n) is 10.4. The fourth-order valence-electron chi connectivity index (χ4n) is 2.06. The monoisotopic (exact) mass is 244 g/mol. The van der Waals surface area contributed by atoms with Crippen molar-refractivity contribution in [3.8, 4) is 5.88 Å². The van der Waals surface area contributed by atoms with Crippen LogP contribution in [0, 0.1) is 6.92 Å². The third-order valence-electron chi connectivity index (χ3n) is 3.16. The highest BCUT2D eigenvalue weighted by molar-refractivity contribution is 5.30. The van der Waals surface area contributed by atoms with Gasteiger partial charge in [-0.15, -0.1) is 0 Å². The van der Waals surface area contributed by atoms with Crippen molar-refractivity contribution in [1.29, 1.82) is 0 Å². The van der Waals surface area contributed by atoms with Crippen LogP contribution in [0.15, 0.2) is 28.8 Å². The van der Waals surface area contributed by atoms with E-state index in [9.17, 15) is 0 Å². The summed E-state index contributed by atoms with van der Waals surface area (Å²) in [5.41, 5.74) is 3.45. The quantitative estimate of drug-likeness (QED) is 0.899. The molecule has 0 unspecified atom stereocenters. The molecule has 0 radical (unpaired) electrons. The standard InChI is InChI=1S/C14H16N2O2/c1-10-2-4-11(5-3-10)9-17-14-12-8-15-7-6-13(12)18-16-14/h2-5,15H,6-9H2,1H3. The van der Waals surface area contributed by atoms with Gasteiger partial charge in [0.2, 0.25) is 0 Å². The van der Waals surface area contributed by atoms with Gasteiger partial charge in [-0.1, -0.05) is 29.8 Å². The number of benzene rings is 1. The van der Waals surface area contributed by atoms with E-state index in [4.69, 9.17) is 9.26 Å². The minimum Gasteiger partial charge on any atom is -0.470 e. The van der Waals surface area contributed by atoms with Crippen molar-refractivity contribution < 1.29 is 9.26 Å². The number of aryl methyl sites for hydroxylation is 1. The Morgan fingerprint density at radius 3 is 3.00 bits per heavy atom. The highest BCUT2D eigenvalue weighted by Crippen LogP contribution is 2.24. The molecule has 2 aromatic rings. The van der Waals surface area contributed by atoms with E-state index in [0.29, 0.717) is 12.5 Å². The first-order valence-corrected chi connectivity index (χ1v) is 6.19. The smallest absolute Gasteiger partial charge is 0.259 e. The first kappa shape index (κ1) is 11.3. The SMILES string of the molecule is Cc1ccc(COc2noc3c2CNCC3)cc1. The van der Waals surface area contributed by atoms with Crippen LogP contribution < -0.4 is 10.1 Å². The lowest BCUT2D eigenvalue weighted by atomic mass is 10.1. The fourth-order valence-corrected chi connectivity index (χ4v) is 2.06. The molecule has 1 aromatic heterocycles. The summed E-state index contributed by atoms with van der Waals surface area (Å²) < 4.78 is 11.0. The average molecular weight is 244 g/mol. The van der Waals surface area contributed by atoms with Crippen molar-refractivity contribution in [2.45, 2.75) is 26.5 Å². The number of aromatic nitrogens is 1. The van der Waals surface area contributed by atoms with Gasteiger partial charge in [0.15, 0.2) is 0 Å². The molecule has 2 heterocycles. The Balaban J connectivity index is 1.70. The third-order valence-corrected chi connectivity index (χ3v) is 3.16. The van der Waals surface area contributed by atoms with Crippen molar-refractivity contribution in [2.24, 2.45) is 0 Å². The van der Waals surface area contributed by atoms with Gasteiger partial charge >= 0.3 is 0 Å². The van der Waals surface area contributed by atoms with E-state index >= 15 is 0 Å². The maximum atomic E-state index is 5.73. The van der Waals surface area contributed by atoms with E-state index in [1.807, 2.05) is 0 Å². The van der Waals surface area contributed by atoms with E-state index in [0.717, 1.165) is 36.4 Å². The number of nitrogens with zero attached hydrogens (tertiary/aromatic N) is 1. The first-order valence-electron chi connectivity index (χ1n) is 6.19. The summed E-state index contributed by atoms with van der Waals surface area (Å²) in [4.78, 5) is 0. The second-order valence-electron chi connectivity index (χ2n) is 4.59. The molecule has 0 bridgehead atoms. The first-order chi connectivity index (χ1) is 8.83. The highest BCUT2D eigenvalue weighted by atomic mass is 16.5. The van der Waals surface area contributed by atoms with Crippen LogP contribution in [0.3, 0.4) is 0 Å². The van der Waals surface area contributed by atoms with Crippen LogP contribution in [0.2, 0.25) is 0 Å². The van der Waals surface area contributed by atoms with Crippen LogP contribution in [-0.2, 0) is 19.6 Å². The molecule has 1 N–H and O–H groups in total. The molecule has 0 saturated carbocycles. The van der Waals surface area contributed by atoms with Crippen molar-refractivity contribution >= 4 is 0 Å². The topological polar surface area (TPSA) is 47.3 Å². The van der Waals surface area contributed by atoms with E-state index < -0.39 is 0 Å². The van der Waals surface area contributed by atoms with Gasteiger partial charge < -0.3 is 14.6 Å². The minimum absolute atomic E-state index is 0.527. The molecule has 0 saturated heterocycles. The van der Waals surface area contributed by atoms with Gasteiger partial charge in [-0.05, 0) is 17.6 Å². The maximum absolute atomic E-state index is 5.73. The van der Waals surface area contributed by atoms with Crippen LogP contribution in [0.25, 0.3) is 0 Å². The maximum Gasteiger partial charge on any atom is 0.259 e. The molecule has 1 aliphatic heterocycles. The molecule has 0 spiro atoms. The number of ether oxygens (including phenoxy) is 1. The van der Waals surface area contributed by atoms with Crippen LogP contribution in [0.4, 0.5) is 0 Å². The molecule has 4 nitrogen and oxygen atoms in total. The van der Waals surface area contributed by atoms with E-state index in [2.05, 4.69) is 41.7 Å². The molecule has 4 heteroatoms. The second-order valence-corrected chi connectivity index (χ2v) is 4.59. The normalized spacial score (nSPS) is 14.3. The van der Waals surface area contributed by atoms with Gasteiger partial charge in [-0.3, -0.25) is 0 Å². The predicted molar refractivity (Wildman–Crippen MR) is 67.4 cm³/mol. The summed E-state index contributed by atoms with van der Waals surface area (Å²) in [7, 11) is 0. The Labute approximate surface area is 106 Å². The summed E-state index contributed by atoms with van der Waals surface area (Å²) in [5, 5.41) is 7.29. The summed E-state index contributed by atoms with van der Waals surface area (Å²) in [6, 6.07) is 8.30. The van der Waals surface area contributed by atoms with Gasteiger partial charge in [-0.25, -0.2) is 0 Å². The molecule has 1 aliphatic rings. The molecule has 94 valence electrons. The van der Waals surface area contributed by atoms with Crippen LogP contribution in [-0.4, -0.2) is 11.7 Å². The zero-order valence-corrected chi connectivity index (χ0v) is 10.4. The Morgan fingerprint density at radius 1 is 1.33 bits per heavy atom. The molecule has 0 fully saturated rings. The molecule has 1 aromatic carbocycles. The van der Waals surface area contributed by atoms with Crippen molar-refractivity contribution in [2.75, 3.05) is 6.54 Å². The lowest BCUT2D eigenvalue weighted by molar-refractivity contribution is 0.265. The van der Waals surface area contributed by atoms with Gasteiger partial charge in [0.25, 0.3) is 5.88 Å². The van der Waals surface area contributed by atoms with Gasteiger partial charge in [0.05, 0.1) is 5.56 Å². The molecule has 18 heavy (non-hydrogen) atoms. The highest BCUT2D eigenvalue weighted by Gasteiger charge is 2.20. The largest absolute Gasteiger partial charge is 0.470 e. The zero-order chi connectivity index (χ0) is 12.4. The van der Waals surface area contributed by atoms with Crippen LogP contribution >= 0.6 is 0 Å². The lowest BCUT2D eigenvalue weighted by Crippen LogP contribution is -2.22. The molecular formula is C14H16N2O2. The average Bonchev–Trinajstić information content (AvgIpc) is 2.82. The molecule has 0 atom stereocenters. The van der Waals surface area contributed by atoms with Gasteiger partial charge in [-0.2, -0.15) is 0 Å². The predicted octanol–water partition coefficient (Wildman–Crippen LogP) is 2.21. The van der Waals surface area contributed by atoms with E-state index in [1.54, 1.807) is 0 Å². The third kappa shape index (κ3) is 2.24. The van der Waals surface area contributed by atoms with Crippen molar-refractivity contribution in [1.82, 2.24) is 10.5 Å². The molecule has 3 rings (SSSR count). The Morgan fingerprint density at radius 2 is 2.17 bits per heavy atom. The van der Waals surface area contributed by atoms with E-state index in [-0.39, 0.29) is 0 Å². The number of fused-ring (bicyclic) bond motifs is 1. The summed E-state index contributed by atoms with van der Waals surface area (Å²) >= 11 is 0. The van der Waals surface area contributed by atoms with Crippen LogP contribution in [0.1, 0.15) is 22.5 Å². The van der Waals surface area contributed by atoms with Crippen molar-refractivity contribution in [3.05, 3.63) is 46.7 Å². The molecule has 0 amide bonds. The summed E-state index contributed by atoms with van der Waals surface area (Å²) in [6.07, 6.45) is 0.885. The Bertz CT molecular complexity index is 531. The molecular weight excluding hydrogens is 228 g/mol. The minimum atomic E-state index is 0.527. The van der Waals surface area contributed by atoms with Crippen LogP contribution in [0.5, 0.6) is 5.88 Å². The number of rotatable bonds is 3. The summed E-state index contributed by atoms with van der Waals surface area (Å²) in [6.45, 7) is 4.32. The van der Waals surface area contributed by atoms with Crippen molar-refractivity contribution in [3.63, 3.8) is 0 Å². The number of nitrogens with one attached hydrogen (secondary N) is 1. The summed E-state index contributed by atoms with van der Waals surface area (Å²) in [5.74, 6) is 1.57. The number of hydrogen-bond acceptors (Lipinski definition) is 4. The molecule has 0 aliphatic carbocycles. The number of hydrogen-bond donors (Lipinski definition) is 1. The second kappa shape index (κ2) is 4.82.